The lowest BCUT2D eigenvalue weighted by atomic mass is 10.2. The van der Waals surface area contributed by atoms with Gasteiger partial charge in [0.1, 0.15) is 11.6 Å². The molecule has 0 bridgehead atoms. The number of allylic oxidation sites excluding steroid dienone is 3. The molecule has 10 aromatic heterocycles. The molecule has 10 aromatic rings. The minimum absolute atomic E-state index is 0.519. The Kier molecular flexibility index (Phi) is 42.8. The van der Waals surface area contributed by atoms with Gasteiger partial charge >= 0.3 is 0 Å². The van der Waals surface area contributed by atoms with E-state index in [1.54, 1.807) is 111 Å². The van der Waals surface area contributed by atoms with Crippen LogP contribution in [0.5, 0.6) is 0 Å². The minimum atomic E-state index is 0.519. The molecule has 0 saturated carbocycles. The molecule has 0 atom stereocenters. The van der Waals surface area contributed by atoms with Gasteiger partial charge < -0.3 is 46.9 Å². The first-order valence-electron chi connectivity index (χ1n) is 28.4. The van der Waals surface area contributed by atoms with Crippen molar-refractivity contribution in [2.75, 3.05) is 0 Å². The summed E-state index contributed by atoms with van der Waals surface area (Å²) in [5.74, 6) is 2.63. The Labute approximate surface area is 499 Å². The summed E-state index contributed by atoms with van der Waals surface area (Å²) >= 11 is 0. The Bertz CT molecular complexity index is 2870. The molecular weight excluding hydrogens is 1050 g/mol. The average Bonchev–Trinajstić information content (AvgIpc) is 4.35. The smallest absolute Gasteiger partial charge is 0.108 e. The van der Waals surface area contributed by atoms with Crippen LogP contribution in [-0.4, -0.2) is 108 Å². The number of aryl methyl sites for hydroxylation is 8. The monoisotopic (exact) mass is 1150 g/mol. The SMILES string of the molecule is C=Cn1ccnc1.CC(C)c1ncc[nH]1.CC1=NC=CC1.CCC1=NC(C)=CC1.CCCCn1ccnc1.CCCn1ccnc1.CCn1ccnc1.CCn1ccnc1.Cc1cnc[nH]1.Cc1nccn1C.Cn1ccnc1.c1c[nH]cn1. The fourth-order valence-corrected chi connectivity index (χ4v) is 5.95. The predicted octanol–water partition coefficient (Wildman–Crippen LogP) is 13.1. The van der Waals surface area contributed by atoms with Crippen LogP contribution in [0.15, 0.2) is 209 Å². The van der Waals surface area contributed by atoms with Crippen molar-refractivity contribution in [2.24, 2.45) is 24.1 Å². The van der Waals surface area contributed by atoms with Gasteiger partial charge in [-0.3, -0.25) is 9.98 Å². The van der Waals surface area contributed by atoms with E-state index in [4.69, 9.17) is 0 Å². The highest BCUT2D eigenvalue weighted by Crippen LogP contribution is 2.10. The number of H-pyrrole nitrogens is 3. The molecular formula is C62H96N22. The second kappa shape index (κ2) is 49.5. The second-order valence-corrected chi connectivity index (χ2v) is 18.4. The molecule has 0 fully saturated rings. The maximum Gasteiger partial charge on any atom is 0.108 e. The number of imidazole rings is 10. The van der Waals surface area contributed by atoms with E-state index in [0.717, 1.165) is 62.8 Å². The summed E-state index contributed by atoms with van der Waals surface area (Å²) in [5.41, 5.74) is 4.83. The van der Waals surface area contributed by atoms with Crippen molar-refractivity contribution < 1.29 is 0 Å². The lowest BCUT2D eigenvalue weighted by Crippen LogP contribution is -1.92. The van der Waals surface area contributed by atoms with Crippen molar-refractivity contribution in [1.29, 1.82) is 0 Å². The van der Waals surface area contributed by atoms with E-state index in [0.29, 0.717) is 5.92 Å². The summed E-state index contributed by atoms with van der Waals surface area (Å²) in [5, 5.41) is 0. The van der Waals surface area contributed by atoms with Crippen LogP contribution >= 0.6 is 0 Å². The molecule has 0 unspecified atom stereocenters. The van der Waals surface area contributed by atoms with Crippen molar-refractivity contribution >= 4 is 17.6 Å². The zero-order chi connectivity index (χ0) is 61.7. The standard InChI is InChI=1S/C7H12N2.C7H11N.2C6H10N2.3C5H8N2.C5H6N2.C5H7N.2C4H6N2.C3H4N2/c1-2-3-5-9-6-4-8-7-9;1-3-7-5-4-6(2)8-7;1-5(2)6-7-3-4-8-6;1-2-4-8-5-3-7-6-8;1-5-6-3-4-7(5)2;3*1-2-7-4-3-6-5-7;1-5-3-2-4-6-5;1-4-2-5-3-6-4;1-6-3-2-5-4-6;1-2-5-3-4-1/h4,6-7H,2-3,5H2,1H3;4H,3,5H2,1-2H3;3-5H,1-2H3,(H,7,8);3,5-6H,2,4H2,1H3;3-4H,1-2H3;2*3-5H,2H2,1H3;2-5H,1H2;2,4H,3H2,1H3;2-3H,1H3,(H,5,6);2-4H,1H3;1-3H,(H,4,5). The van der Waals surface area contributed by atoms with Gasteiger partial charge in [0, 0.05) is 212 Å². The summed E-state index contributed by atoms with van der Waals surface area (Å²) in [6.07, 6.45) is 63.5. The number of rotatable bonds is 10. The van der Waals surface area contributed by atoms with Crippen LogP contribution in [0.4, 0.5) is 0 Å². The Morgan fingerprint density at radius 2 is 1.19 bits per heavy atom. The molecule has 0 spiro atoms. The van der Waals surface area contributed by atoms with Crippen molar-refractivity contribution in [3.63, 3.8) is 0 Å². The normalized spacial score (nSPS) is 10.8. The number of unbranched alkanes of at least 4 members (excludes halogenated alkanes) is 1. The van der Waals surface area contributed by atoms with E-state index in [-0.39, 0.29) is 0 Å². The molecule has 2 aliphatic rings. The third-order valence-electron chi connectivity index (χ3n) is 10.9. The third-order valence-corrected chi connectivity index (χ3v) is 10.9. The van der Waals surface area contributed by atoms with Gasteiger partial charge in [0.15, 0.2) is 0 Å². The highest BCUT2D eigenvalue weighted by Gasteiger charge is 2.00. The number of aromatic nitrogens is 20. The van der Waals surface area contributed by atoms with Crippen molar-refractivity contribution in [3.8, 4) is 0 Å². The predicted molar refractivity (Wildman–Crippen MR) is 343 cm³/mol. The van der Waals surface area contributed by atoms with Crippen LogP contribution in [-0.2, 0) is 40.3 Å². The topological polar surface area (TPSA) is 236 Å². The maximum atomic E-state index is 4.28. The Balaban J connectivity index is 0.000000459. The van der Waals surface area contributed by atoms with E-state index in [9.17, 15) is 0 Å². The van der Waals surface area contributed by atoms with E-state index in [1.807, 2.05) is 135 Å². The largest absolute Gasteiger partial charge is 0.351 e. The molecule has 84 heavy (non-hydrogen) atoms. The van der Waals surface area contributed by atoms with Gasteiger partial charge in [-0.05, 0) is 60.8 Å². The maximum absolute atomic E-state index is 4.28. The molecule has 0 amide bonds. The molecule has 454 valence electrons. The van der Waals surface area contributed by atoms with E-state index < -0.39 is 0 Å². The Morgan fingerprint density at radius 1 is 0.583 bits per heavy atom. The molecule has 2 aliphatic heterocycles. The van der Waals surface area contributed by atoms with Gasteiger partial charge in [-0.2, -0.15) is 0 Å². The summed E-state index contributed by atoms with van der Waals surface area (Å²) in [6, 6.07) is 0. The quantitative estimate of drug-likeness (QED) is 0.117. The van der Waals surface area contributed by atoms with Crippen molar-refractivity contribution in [2.45, 2.75) is 147 Å². The number of hydrogen-bond acceptors (Lipinski definition) is 12. The first-order valence-corrected chi connectivity index (χ1v) is 28.4. The molecule has 0 aliphatic carbocycles. The summed E-state index contributed by atoms with van der Waals surface area (Å²) in [6.45, 7) is 30.6. The van der Waals surface area contributed by atoms with Gasteiger partial charge in [0.05, 0.1) is 50.6 Å². The van der Waals surface area contributed by atoms with Crippen molar-refractivity contribution in [1.82, 2.24) is 96.8 Å². The van der Waals surface area contributed by atoms with E-state index in [2.05, 4.69) is 151 Å². The highest BCUT2D eigenvalue weighted by molar-refractivity contribution is 5.88. The van der Waals surface area contributed by atoms with Crippen LogP contribution in [0.2, 0.25) is 0 Å². The molecule has 0 radical (unpaired) electrons. The van der Waals surface area contributed by atoms with Gasteiger partial charge in [0.2, 0.25) is 0 Å². The number of aliphatic imine (C=N–C) groups is 2. The zero-order valence-corrected chi connectivity index (χ0v) is 52.3. The van der Waals surface area contributed by atoms with Gasteiger partial charge in [-0.25, -0.2) is 49.8 Å². The molecule has 22 heteroatoms. The second-order valence-electron chi connectivity index (χ2n) is 18.4. The first kappa shape index (κ1) is 72.7. The number of aromatic amines is 3. The van der Waals surface area contributed by atoms with Crippen LogP contribution < -0.4 is 0 Å². The Morgan fingerprint density at radius 3 is 1.42 bits per heavy atom. The average molecular weight is 1150 g/mol. The third kappa shape index (κ3) is 39.9. The summed E-state index contributed by atoms with van der Waals surface area (Å²) < 4.78 is 13.8. The molecule has 0 aromatic carbocycles. The molecule has 3 N–H and O–H groups in total. The molecule has 0 saturated heterocycles. The fraction of sp³-hybridized carbons (Fsp3) is 0.387. The molecule has 12 rings (SSSR count). The lowest BCUT2D eigenvalue weighted by Gasteiger charge is -1.96. The molecule has 12 heterocycles. The van der Waals surface area contributed by atoms with E-state index >= 15 is 0 Å². The lowest BCUT2D eigenvalue weighted by molar-refractivity contribution is 0.631. The zero-order valence-electron chi connectivity index (χ0n) is 52.3. The van der Waals surface area contributed by atoms with Gasteiger partial charge in [-0.15, -0.1) is 0 Å². The van der Waals surface area contributed by atoms with E-state index in [1.165, 1.54) is 36.4 Å². The summed E-state index contributed by atoms with van der Waals surface area (Å²) in [4.78, 5) is 55.5. The van der Waals surface area contributed by atoms with Crippen LogP contribution in [0.1, 0.15) is 124 Å². The first-order chi connectivity index (χ1) is 40.8. The Hall–Kier alpha value is -9.34. The van der Waals surface area contributed by atoms with Crippen molar-refractivity contribution in [3.05, 3.63) is 216 Å². The minimum Gasteiger partial charge on any atom is -0.351 e. The number of nitrogens with zero attached hydrogens (tertiary/aromatic N) is 19. The van der Waals surface area contributed by atoms with Crippen LogP contribution in [0.3, 0.4) is 0 Å². The van der Waals surface area contributed by atoms with Gasteiger partial charge in [0.25, 0.3) is 0 Å². The molecule has 22 nitrogen and oxygen atoms in total. The van der Waals surface area contributed by atoms with Gasteiger partial charge in [-0.1, -0.05) is 59.8 Å². The summed E-state index contributed by atoms with van der Waals surface area (Å²) in [7, 11) is 3.91. The number of hydrogen-bond donors (Lipinski definition) is 3. The van der Waals surface area contributed by atoms with Crippen LogP contribution in [0.25, 0.3) is 6.20 Å². The van der Waals surface area contributed by atoms with Crippen LogP contribution in [0, 0.1) is 13.8 Å². The highest BCUT2D eigenvalue weighted by atomic mass is 15.0. The number of nitrogens with one attached hydrogen (secondary N) is 3. The fourth-order valence-electron chi connectivity index (χ4n) is 5.95.